The van der Waals surface area contributed by atoms with Crippen molar-refractivity contribution in [2.24, 2.45) is 5.92 Å². The molecule has 0 fully saturated rings. The standard InChI is InChI=1S/C24H26N2O2S/c1-16(2)14-15-20(25)22(27)17(3)29-24-26-21(18-10-6-4-7-11-18)23(28-24)19-12-8-5-9-13-19/h4-13,16-17,25H,14-15H2,1-3H3. The lowest BCUT2D eigenvalue weighted by atomic mass is 10.0. The maximum Gasteiger partial charge on any atom is 0.257 e. The molecule has 0 amide bonds. The Kier molecular flexibility index (Phi) is 7.04. The van der Waals surface area contributed by atoms with Gasteiger partial charge >= 0.3 is 0 Å². The van der Waals surface area contributed by atoms with Crippen molar-refractivity contribution in [3.63, 3.8) is 0 Å². The fourth-order valence-electron chi connectivity index (χ4n) is 2.93. The number of oxazole rings is 1. The van der Waals surface area contributed by atoms with Crippen molar-refractivity contribution >= 4 is 23.3 Å². The van der Waals surface area contributed by atoms with E-state index in [4.69, 9.17) is 9.83 Å². The summed E-state index contributed by atoms with van der Waals surface area (Å²) in [5.41, 5.74) is 2.84. The Morgan fingerprint density at radius 2 is 1.59 bits per heavy atom. The molecule has 0 aliphatic heterocycles. The van der Waals surface area contributed by atoms with Crippen LogP contribution in [0.2, 0.25) is 0 Å². The number of thioether (sulfide) groups is 1. The largest absolute Gasteiger partial charge is 0.431 e. The molecule has 0 saturated carbocycles. The first-order chi connectivity index (χ1) is 14.0. The van der Waals surface area contributed by atoms with Crippen LogP contribution in [0.4, 0.5) is 0 Å². The van der Waals surface area contributed by atoms with E-state index in [1.54, 1.807) is 0 Å². The lowest BCUT2D eigenvalue weighted by Gasteiger charge is -2.10. The molecule has 3 aromatic rings. The number of aromatic nitrogens is 1. The predicted octanol–water partition coefficient (Wildman–Crippen LogP) is 6.51. The van der Waals surface area contributed by atoms with E-state index in [1.807, 2.05) is 67.6 Å². The summed E-state index contributed by atoms with van der Waals surface area (Å²) in [7, 11) is 0. The second-order valence-electron chi connectivity index (χ2n) is 7.42. The van der Waals surface area contributed by atoms with Crippen molar-refractivity contribution < 1.29 is 9.21 Å². The van der Waals surface area contributed by atoms with Crippen LogP contribution in [0.3, 0.4) is 0 Å². The Balaban J connectivity index is 1.84. The van der Waals surface area contributed by atoms with Gasteiger partial charge < -0.3 is 9.83 Å². The fraction of sp³-hybridized carbons (Fsp3) is 0.292. The molecule has 2 aromatic carbocycles. The molecule has 1 atom stereocenters. The second-order valence-corrected chi connectivity index (χ2v) is 8.72. The molecular formula is C24H26N2O2S. The molecule has 0 saturated heterocycles. The minimum absolute atomic E-state index is 0.156. The molecule has 29 heavy (non-hydrogen) atoms. The summed E-state index contributed by atoms with van der Waals surface area (Å²) in [4.78, 5) is 17.3. The van der Waals surface area contributed by atoms with Crippen molar-refractivity contribution in [3.8, 4) is 22.6 Å². The van der Waals surface area contributed by atoms with Gasteiger partial charge in [0, 0.05) is 11.1 Å². The van der Waals surface area contributed by atoms with E-state index in [9.17, 15) is 4.79 Å². The van der Waals surface area contributed by atoms with Gasteiger partial charge in [0.15, 0.2) is 11.5 Å². The minimum atomic E-state index is -0.416. The first-order valence-corrected chi connectivity index (χ1v) is 10.7. The van der Waals surface area contributed by atoms with Gasteiger partial charge in [-0.15, -0.1) is 0 Å². The number of rotatable bonds is 9. The highest BCUT2D eigenvalue weighted by Gasteiger charge is 2.24. The minimum Gasteiger partial charge on any atom is -0.431 e. The fourth-order valence-corrected chi connectivity index (χ4v) is 3.76. The molecule has 5 heteroatoms. The first-order valence-electron chi connectivity index (χ1n) is 9.85. The van der Waals surface area contributed by atoms with Crippen LogP contribution in [0.25, 0.3) is 22.6 Å². The van der Waals surface area contributed by atoms with Gasteiger partial charge in [-0.3, -0.25) is 4.79 Å². The van der Waals surface area contributed by atoms with E-state index in [0.29, 0.717) is 23.3 Å². The zero-order chi connectivity index (χ0) is 20.8. The molecule has 3 rings (SSSR count). The highest BCUT2D eigenvalue weighted by atomic mass is 32.2. The molecule has 0 bridgehead atoms. The number of hydrogen-bond donors (Lipinski definition) is 1. The van der Waals surface area contributed by atoms with Crippen LogP contribution in [0.5, 0.6) is 0 Å². The Bertz CT molecular complexity index is 908. The third-order valence-corrected chi connectivity index (χ3v) is 5.55. The monoisotopic (exact) mass is 406 g/mol. The lowest BCUT2D eigenvalue weighted by molar-refractivity contribution is -0.112. The van der Waals surface area contributed by atoms with Crippen molar-refractivity contribution in [1.82, 2.24) is 4.98 Å². The molecule has 4 nitrogen and oxygen atoms in total. The van der Waals surface area contributed by atoms with Gasteiger partial charge in [-0.2, -0.15) is 0 Å². The molecule has 0 radical (unpaired) electrons. The van der Waals surface area contributed by atoms with Crippen LogP contribution in [0.1, 0.15) is 33.6 Å². The molecule has 0 aliphatic rings. The van der Waals surface area contributed by atoms with Crippen LogP contribution in [0, 0.1) is 11.3 Å². The van der Waals surface area contributed by atoms with Crippen LogP contribution >= 0.6 is 11.8 Å². The van der Waals surface area contributed by atoms with Gasteiger partial charge in [-0.25, -0.2) is 4.98 Å². The summed E-state index contributed by atoms with van der Waals surface area (Å²) in [5, 5.41) is 8.12. The number of benzene rings is 2. The van der Waals surface area contributed by atoms with E-state index >= 15 is 0 Å². The summed E-state index contributed by atoms with van der Waals surface area (Å²) in [6.45, 7) is 6.00. The summed E-state index contributed by atoms with van der Waals surface area (Å²) in [5.74, 6) is 1.00. The summed E-state index contributed by atoms with van der Waals surface area (Å²) in [6, 6.07) is 19.7. The van der Waals surface area contributed by atoms with Crippen LogP contribution in [-0.4, -0.2) is 21.7 Å². The van der Waals surface area contributed by atoms with E-state index < -0.39 is 5.25 Å². The summed E-state index contributed by atoms with van der Waals surface area (Å²) >= 11 is 1.27. The average Bonchev–Trinajstić information content (AvgIpc) is 3.16. The Morgan fingerprint density at radius 3 is 2.17 bits per heavy atom. The zero-order valence-electron chi connectivity index (χ0n) is 17.0. The first kappa shape index (κ1) is 21.1. The van der Waals surface area contributed by atoms with Crippen LogP contribution in [-0.2, 0) is 4.79 Å². The maximum absolute atomic E-state index is 12.6. The van der Waals surface area contributed by atoms with Gasteiger partial charge in [0.2, 0.25) is 0 Å². The van der Waals surface area contributed by atoms with E-state index in [-0.39, 0.29) is 11.5 Å². The van der Waals surface area contributed by atoms with Crippen molar-refractivity contribution in [2.45, 2.75) is 44.1 Å². The third kappa shape index (κ3) is 5.45. The normalized spacial score (nSPS) is 12.1. The molecule has 1 N–H and O–H groups in total. The number of Topliss-reactive ketones (excluding diaryl/α,β-unsaturated/α-hetero) is 1. The second kappa shape index (κ2) is 9.70. The third-order valence-electron chi connectivity index (χ3n) is 4.61. The molecule has 1 heterocycles. The molecule has 0 spiro atoms. The van der Waals surface area contributed by atoms with Crippen molar-refractivity contribution in [3.05, 3.63) is 60.7 Å². The van der Waals surface area contributed by atoms with Gasteiger partial charge in [-0.05, 0) is 25.7 Å². The van der Waals surface area contributed by atoms with Gasteiger partial charge in [0.05, 0.1) is 11.0 Å². The van der Waals surface area contributed by atoms with E-state index in [2.05, 4.69) is 18.8 Å². The number of carbonyl (C=O) groups excluding carboxylic acids is 1. The topological polar surface area (TPSA) is 67.0 Å². The van der Waals surface area contributed by atoms with Gasteiger partial charge in [0.1, 0.15) is 5.69 Å². The highest BCUT2D eigenvalue weighted by molar-refractivity contribution is 8.00. The molecule has 1 unspecified atom stereocenters. The molecular weight excluding hydrogens is 380 g/mol. The van der Waals surface area contributed by atoms with Gasteiger partial charge in [0.25, 0.3) is 5.22 Å². The maximum atomic E-state index is 12.6. The number of hydrogen-bond acceptors (Lipinski definition) is 5. The Hall–Kier alpha value is -2.66. The zero-order valence-corrected chi connectivity index (χ0v) is 17.8. The molecule has 0 aliphatic carbocycles. The molecule has 150 valence electrons. The van der Waals surface area contributed by atoms with E-state index in [0.717, 1.165) is 23.2 Å². The Labute approximate surface area is 176 Å². The SMILES string of the molecule is CC(C)CCC(=N)C(=O)C(C)Sc1nc(-c2ccccc2)c(-c2ccccc2)o1. The quantitative estimate of drug-likeness (QED) is 0.325. The highest BCUT2D eigenvalue weighted by Crippen LogP contribution is 2.36. The van der Waals surface area contributed by atoms with Crippen LogP contribution < -0.4 is 0 Å². The number of nitrogens with one attached hydrogen (secondary N) is 1. The van der Waals surface area contributed by atoms with Gasteiger partial charge in [-0.1, -0.05) is 86.3 Å². The van der Waals surface area contributed by atoms with Crippen LogP contribution in [0.15, 0.2) is 70.3 Å². The average molecular weight is 407 g/mol. The van der Waals surface area contributed by atoms with E-state index in [1.165, 1.54) is 11.8 Å². The lowest BCUT2D eigenvalue weighted by Crippen LogP contribution is -2.23. The summed E-state index contributed by atoms with van der Waals surface area (Å²) in [6.07, 6.45) is 1.36. The number of carbonyl (C=O) groups is 1. The predicted molar refractivity (Wildman–Crippen MR) is 119 cm³/mol. The summed E-state index contributed by atoms with van der Waals surface area (Å²) < 4.78 is 6.08. The number of ketones is 1. The smallest absolute Gasteiger partial charge is 0.257 e. The molecule has 1 aromatic heterocycles. The van der Waals surface area contributed by atoms with Crippen molar-refractivity contribution in [2.75, 3.05) is 0 Å². The van der Waals surface area contributed by atoms with Crippen molar-refractivity contribution in [1.29, 1.82) is 5.41 Å². The number of nitrogens with zero attached hydrogens (tertiary/aromatic N) is 1. The Morgan fingerprint density at radius 1 is 1.00 bits per heavy atom.